The summed E-state index contributed by atoms with van der Waals surface area (Å²) in [5.74, 6) is 0.460. The summed E-state index contributed by atoms with van der Waals surface area (Å²) in [5, 5.41) is 1.30. The topological polar surface area (TPSA) is 92.6 Å². The fourth-order valence-electron chi connectivity index (χ4n) is 3.83. The zero-order chi connectivity index (χ0) is 23.8. The molecule has 10 heteroatoms. The summed E-state index contributed by atoms with van der Waals surface area (Å²) in [6.07, 6.45) is 2.91. The number of nitrogens with zero attached hydrogens (tertiary/aromatic N) is 5. The Morgan fingerprint density at radius 1 is 1.18 bits per heavy atom. The first kappa shape index (κ1) is 22.8. The number of amides is 2. The van der Waals surface area contributed by atoms with Gasteiger partial charge in [0.25, 0.3) is 5.91 Å². The lowest BCUT2D eigenvalue weighted by molar-refractivity contribution is 0.0218. The Hall–Kier alpha value is -3.33. The molecule has 1 N–H and O–H groups in total. The van der Waals surface area contributed by atoms with Gasteiger partial charge in [0.1, 0.15) is 17.7 Å². The second-order valence-electron chi connectivity index (χ2n) is 9.04. The van der Waals surface area contributed by atoms with E-state index in [0.29, 0.717) is 35.9 Å². The third kappa shape index (κ3) is 5.03. The van der Waals surface area contributed by atoms with Crippen molar-refractivity contribution in [1.82, 2.24) is 19.5 Å². The molecule has 0 unspecified atom stereocenters. The fraction of sp³-hybridized carbons (Fsp3) is 0.391. The lowest BCUT2D eigenvalue weighted by Gasteiger charge is -2.40. The predicted molar refractivity (Wildman–Crippen MR) is 127 cm³/mol. The molecule has 1 aliphatic heterocycles. The van der Waals surface area contributed by atoms with E-state index in [0.717, 1.165) is 11.2 Å². The van der Waals surface area contributed by atoms with Gasteiger partial charge in [-0.3, -0.25) is 10.2 Å². The SMILES string of the molecule is C[C@H]1CN(C(=O)OC(C)(C)C)CCN1c1ncnc2c1ccn2NC(=O)c1cccc(Cl)c1. The predicted octanol–water partition coefficient (Wildman–Crippen LogP) is 3.91. The summed E-state index contributed by atoms with van der Waals surface area (Å²) in [5.41, 5.74) is 3.33. The van der Waals surface area contributed by atoms with Crippen LogP contribution < -0.4 is 10.3 Å². The number of carbonyl (C=O) groups is 2. The van der Waals surface area contributed by atoms with Crippen molar-refractivity contribution in [3.63, 3.8) is 0 Å². The molecule has 0 spiro atoms. The minimum absolute atomic E-state index is 0.0220. The van der Waals surface area contributed by atoms with Crippen LogP contribution in [0.15, 0.2) is 42.9 Å². The van der Waals surface area contributed by atoms with Gasteiger partial charge in [0.05, 0.1) is 5.39 Å². The molecule has 174 valence electrons. The van der Waals surface area contributed by atoms with Crippen LogP contribution in [0.5, 0.6) is 0 Å². The molecule has 33 heavy (non-hydrogen) atoms. The lowest BCUT2D eigenvalue weighted by atomic mass is 10.1. The monoisotopic (exact) mass is 470 g/mol. The average Bonchev–Trinajstić information content (AvgIpc) is 3.15. The lowest BCUT2D eigenvalue weighted by Crippen LogP contribution is -2.54. The number of aromatic nitrogens is 3. The Morgan fingerprint density at radius 3 is 2.67 bits per heavy atom. The molecule has 1 saturated heterocycles. The molecule has 1 fully saturated rings. The van der Waals surface area contributed by atoms with Gasteiger partial charge >= 0.3 is 6.09 Å². The molecular formula is C23H27ClN6O3. The molecular weight excluding hydrogens is 444 g/mol. The molecule has 1 atom stereocenters. The van der Waals surface area contributed by atoms with Crippen LogP contribution in [0.3, 0.4) is 0 Å². The third-order valence-corrected chi connectivity index (χ3v) is 5.56. The fourth-order valence-corrected chi connectivity index (χ4v) is 4.02. The summed E-state index contributed by atoms with van der Waals surface area (Å²) in [7, 11) is 0. The first-order valence-corrected chi connectivity index (χ1v) is 11.1. The number of ether oxygens (including phenoxy) is 1. The minimum Gasteiger partial charge on any atom is -0.444 e. The number of hydrogen-bond acceptors (Lipinski definition) is 6. The second-order valence-corrected chi connectivity index (χ2v) is 9.48. The van der Waals surface area contributed by atoms with Crippen LogP contribution >= 0.6 is 11.6 Å². The van der Waals surface area contributed by atoms with Crippen molar-refractivity contribution in [3.05, 3.63) is 53.4 Å². The number of benzene rings is 1. The number of hydrogen-bond donors (Lipinski definition) is 1. The molecule has 2 amide bonds. The Balaban J connectivity index is 1.52. The van der Waals surface area contributed by atoms with E-state index in [-0.39, 0.29) is 18.0 Å². The van der Waals surface area contributed by atoms with Gasteiger partial charge < -0.3 is 14.5 Å². The number of piperazine rings is 1. The third-order valence-electron chi connectivity index (χ3n) is 5.32. The summed E-state index contributed by atoms with van der Waals surface area (Å²) < 4.78 is 7.09. The number of fused-ring (bicyclic) bond motifs is 1. The molecule has 0 radical (unpaired) electrons. The van der Waals surface area contributed by atoms with Crippen LogP contribution in [-0.4, -0.2) is 62.8 Å². The largest absolute Gasteiger partial charge is 0.444 e. The summed E-state index contributed by atoms with van der Waals surface area (Å²) in [6.45, 7) is 9.27. The van der Waals surface area contributed by atoms with E-state index in [4.69, 9.17) is 16.3 Å². The van der Waals surface area contributed by atoms with Crippen molar-refractivity contribution in [1.29, 1.82) is 0 Å². The van der Waals surface area contributed by atoms with Gasteiger partial charge in [0, 0.05) is 42.5 Å². The molecule has 3 heterocycles. The van der Waals surface area contributed by atoms with Crippen molar-refractivity contribution in [3.8, 4) is 0 Å². The van der Waals surface area contributed by atoms with Crippen LogP contribution in [0.1, 0.15) is 38.1 Å². The van der Waals surface area contributed by atoms with Crippen LogP contribution in [0, 0.1) is 0 Å². The van der Waals surface area contributed by atoms with Gasteiger partial charge in [0.2, 0.25) is 0 Å². The van der Waals surface area contributed by atoms with Gasteiger partial charge in [-0.1, -0.05) is 17.7 Å². The standard InChI is InChI=1S/C23H27ClN6O3/c1-15-13-28(22(32)33-23(2,3)4)10-11-29(15)19-18-8-9-30(20(18)26-14-25-19)27-21(31)16-6-5-7-17(24)12-16/h5-9,12,14-15H,10-11,13H2,1-4H3,(H,27,31)/t15-/m0/s1. The van der Waals surface area contributed by atoms with E-state index < -0.39 is 5.60 Å². The van der Waals surface area contributed by atoms with E-state index >= 15 is 0 Å². The number of halogens is 1. The molecule has 1 aliphatic rings. The number of carbonyl (C=O) groups excluding carboxylic acids is 2. The maximum absolute atomic E-state index is 12.7. The molecule has 0 aliphatic carbocycles. The van der Waals surface area contributed by atoms with E-state index in [1.807, 2.05) is 33.8 Å². The molecule has 4 rings (SSSR count). The molecule has 0 bridgehead atoms. The van der Waals surface area contributed by atoms with Gasteiger partial charge in [-0.15, -0.1) is 0 Å². The Labute approximate surface area is 197 Å². The van der Waals surface area contributed by atoms with E-state index in [1.165, 1.54) is 6.33 Å². The zero-order valence-electron chi connectivity index (χ0n) is 19.1. The molecule has 3 aromatic rings. The van der Waals surface area contributed by atoms with Crippen LogP contribution in [-0.2, 0) is 4.74 Å². The average molecular weight is 471 g/mol. The van der Waals surface area contributed by atoms with Gasteiger partial charge in [-0.05, 0) is 52.0 Å². The van der Waals surface area contributed by atoms with Crippen molar-refractivity contribution < 1.29 is 14.3 Å². The Kier molecular flexibility index (Phi) is 6.16. The first-order chi connectivity index (χ1) is 15.6. The second kappa shape index (κ2) is 8.90. The van der Waals surface area contributed by atoms with Gasteiger partial charge in [-0.2, -0.15) is 0 Å². The highest BCUT2D eigenvalue weighted by atomic mass is 35.5. The number of anilines is 1. The van der Waals surface area contributed by atoms with Crippen LogP contribution in [0.4, 0.5) is 10.6 Å². The molecule has 0 saturated carbocycles. The summed E-state index contributed by atoms with van der Waals surface area (Å²) in [4.78, 5) is 37.9. The Bertz CT molecular complexity index is 1190. The zero-order valence-corrected chi connectivity index (χ0v) is 19.8. The van der Waals surface area contributed by atoms with Crippen molar-refractivity contribution in [2.24, 2.45) is 0 Å². The van der Waals surface area contributed by atoms with Crippen molar-refractivity contribution >= 4 is 40.5 Å². The molecule has 1 aromatic carbocycles. The summed E-state index contributed by atoms with van der Waals surface area (Å²) >= 11 is 6.00. The number of rotatable bonds is 3. The maximum Gasteiger partial charge on any atom is 0.410 e. The maximum atomic E-state index is 12.7. The minimum atomic E-state index is -0.533. The van der Waals surface area contributed by atoms with Crippen LogP contribution in [0.2, 0.25) is 5.02 Å². The van der Waals surface area contributed by atoms with E-state index in [1.54, 1.807) is 40.0 Å². The van der Waals surface area contributed by atoms with Gasteiger partial charge in [0.15, 0.2) is 5.65 Å². The highest BCUT2D eigenvalue weighted by Gasteiger charge is 2.31. The Morgan fingerprint density at radius 2 is 1.97 bits per heavy atom. The highest BCUT2D eigenvalue weighted by molar-refractivity contribution is 6.31. The van der Waals surface area contributed by atoms with Gasteiger partial charge in [-0.25, -0.2) is 19.4 Å². The van der Waals surface area contributed by atoms with Crippen LogP contribution in [0.25, 0.3) is 11.0 Å². The first-order valence-electron chi connectivity index (χ1n) is 10.8. The molecule has 2 aromatic heterocycles. The smallest absolute Gasteiger partial charge is 0.410 e. The van der Waals surface area contributed by atoms with E-state index in [2.05, 4.69) is 20.3 Å². The quantitative estimate of drug-likeness (QED) is 0.623. The van der Waals surface area contributed by atoms with E-state index in [9.17, 15) is 9.59 Å². The molecule has 9 nitrogen and oxygen atoms in total. The normalized spacial score (nSPS) is 16.7. The van der Waals surface area contributed by atoms with Crippen molar-refractivity contribution in [2.45, 2.75) is 39.3 Å². The van der Waals surface area contributed by atoms with Crippen molar-refractivity contribution in [2.75, 3.05) is 30.0 Å². The number of nitrogens with one attached hydrogen (secondary N) is 1. The highest BCUT2D eigenvalue weighted by Crippen LogP contribution is 2.27. The summed E-state index contributed by atoms with van der Waals surface area (Å²) in [6, 6.07) is 8.63.